The maximum absolute atomic E-state index is 13.3. The number of aromatic amines is 1. The van der Waals surface area contributed by atoms with Crippen molar-refractivity contribution in [1.82, 2.24) is 4.98 Å². The van der Waals surface area contributed by atoms with E-state index in [1.165, 1.54) is 12.1 Å². The molecule has 3 rings (SSSR count). The van der Waals surface area contributed by atoms with Crippen LogP contribution in [0, 0.1) is 0 Å². The Kier molecular flexibility index (Phi) is 5.11. The molecule has 2 N–H and O–H groups in total. The number of rotatable bonds is 3. The summed E-state index contributed by atoms with van der Waals surface area (Å²) in [6.45, 7) is 0. The predicted octanol–water partition coefficient (Wildman–Crippen LogP) is 6.49. The molecule has 0 aliphatic heterocycles. The zero-order valence-corrected chi connectivity index (χ0v) is 15.3. The van der Waals surface area contributed by atoms with Crippen LogP contribution >= 0.6 is 27.5 Å². The number of nitrogens with zero attached hydrogens (tertiary/aromatic N) is 1. The maximum Gasteiger partial charge on any atom is 0.437 e. The Bertz CT molecular complexity index is 1010. The van der Waals surface area contributed by atoms with Crippen LogP contribution in [-0.2, 0) is 0 Å². The van der Waals surface area contributed by atoms with Gasteiger partial charge in [0.15, 0.2) is 5.71 Å². The van der Waals surface area contributed by atoms with Crippen LogP contribution in [0.5, 0.6) is 0 Å². The van der Waals surface area contributed by atoms with Crippen molar-refractivity contribution in [3.05, 3.63) is 68.8 Å². The third kappa shape index (κ3) is 3.78. The summed E-state index contributed by atoms with van der Waals surface area (Å²) < 4.78 is 40.7. The second kappa shape index (κ2) is 7.17. The second-order valence-electron chi connectivity index (χ2n) is 5.43. The van der Waals surface area contributed by atoms with E-state index in [-0.39, 0.29) is 11.3 Å². The van der Waals surface area contributed by atoms with Crippen molar-refractivity contribution in [3.63, 3.8) is 0 Å². The lowest BCUT2D eigenvalue weighted by Gasteiger charge is -2.09. The fourth-order valence-corrected chi connectivity index (χ4v) is 3.06. The van der Waals surface area contributed by atoms with Crippen molar-refractivity contribution < 1.29 is 18.4 Å². The molecule has 0 atom stereocenters. The van der Waals surface area contributed by atoms with E-state index in [9.17, 15) is 13.2 Å². The van der Waals surface area contributed by atoms with E-state index in [2.05, 4.69) is 26.1 Å². The standard InChI is InChI=1S/C18H11BrClF3N2O/c19-11-4-7-13-15(9-11)24-14(16(13)17(25-26)18(21,22)23)8-3-10-1-5-12(20)6-2-10/h1-9,24,26H/b8-3+,25-17?. The van der Waals surface area contributed by atoms with Gasteiger partial charge >= 0.3 is 6.18 Å². The molecule has 0 unspecified atom stereocenters. The largest absolute Gasteiger partial charge is 0.437 e. The molecular weight excluding hydrogens is 433 g/mol. The summed E-state index contributed by atoms with van der Waals surface area (Å²) in [6, 6.07) is 11.6. The average molecular weight is 444 g/mol. The summed E-state index contributed by atoms with van der Waals surface area (Å²) in [5.41, 5.74) is -0.155. The minimum atomic E-state index is -4.81. The molecule has 134 valence electrons. The summed E-state index contributed by atoms with van der Waals surface area (Å²) >= 11 is 9.12. The number of halogens is 5. The smallest absolute Gasteiger partial charge is 0.410 e. The summed E-state index contributed by atoms with van der Waals surface area (Å²) in [4.78, 5) is 2.94. The number of aromatic nitrogens is 1. The molecule has 0 radical (unpaired) electrons. The molecule has 26 heavy (non-hydrogen) atoms. The number of hydrogen-bond donors (Lipinski definition) is 2. The van der Waals surface area contributed by atoms with E-state index in [0.29, 0.717) is 20.4 Å². The van der Waals surface area contributed by atoms with Gasteiger partial charge in [-0.3, -0.25) is 0 Å². The first-order valence-corrected chi connectivity index (χ1v) is 8.51. The van der Waals surface area contributed by atoms with Gasteiger partial charge in [0.2, 0.25) is 0 Å². The molecule has 8 heteroatoms. The number of hydrogen-bond acceptors (Lipinski definition) is 2. The zero-order valence-electron chi connectivity index (χ0n) is 13.0. The summed E-state index contributed by atoms with van der Waals surface area (Å²) in [6.07, 6.45) is -1.66. The Morgan fingerprint density at radius 3 is 2.42 bits per heavy atom. The second-order valence-corrected chi connectivity index (χ2v) is 6.79. The fraction of sp³-hybridized carbons (Fsp3) is 0.0556. The van der Waals surface area contributed by atoms with Gasteiger partial charge < -0.3 is 10.2 Å². The van der Waals surface area contributed by atoms with E-state index in [4.69, 9.17) is 16.8 Å². The highest BCUT2D eigenvalue weighted by atomic mass is 79.9. The van der Waals surface area contributed by atoms with Gasteiger partial charge in [-0.1, -0.05) is 57.0 Å². The van der Waals surface area contributed by atoms with Gasteiger partial charge in [-0.2, -0.15) is 13.2 Å². The highest BCUT2D eigenvalue weighted by molar-refractivity contribution is 9.10. The molecule has 0 fully saturated rings. The molecule has 0 spiro atoms. The lowest BCUT2D eigenvalue weighted by molar-refractivity contribution is -0.0600. The third-order valence-corrected chi connectivity index (χ3v) is 4.45. The summed E-state index contributed by atoms with van der Waals surface area (Å²) in [5, 5.41) is 12.4. The van der Waals surface area contributed by atoms with E-state index in [1.54, 1.807) is 42.5 Å². The molecule has 0 bridgehead atoms. The van der Waals surface area contributed by atoms with E-state index < -0.39 is 11.9 Å². The summed E-state index contributed by atoms with van der Waals surface area (Å²) in [5.74, 6) is 0. The first-order chi connectivity index (χ1) is 12.3. The summed E-state index contributed by atoms with van der Waals surface area (Å²) in [7, 11) is 0. The Balaban J connectivity index is 2.17. The van der Waals surface area contributed by atoms with Crippen LogP contribution in [0.2, 0.25) is 5.02 Å². The molecule has 1 aromatic heterocycles. The molecule has 1 heterocycles. The maximum atomic E-state index is 13.3. The van der Waals surface area contributed by atoms with Gasteiger partial charge in [-0.15, -0.1) is 0 Å². The predicted molar refractivity (Wildman–Crippen MR) is 101 cm³/mol. The zero-order chi connectivity index (χ0) is 18.9. The molecule has 0 aliphatic carbocycles. The van der Waals surface area contributed by atoms with Gasteiger partial charge in [-0.05, 0) is 35.9 Å². The Morgan fingerprint density at radius 2 is 1.81 bits per heavy atom. The topological polar surface area (TPSA) is 48.4 Å². The van der Waals surface area contributed by atoms with Crippen molar-refractivity contribution in [2.45, 2.75) is 6.18 Å². The molecular formula is C18H11BrClF3N2O. The monoisotopic (exact) mass is 442 g/mol. The minimum Gasteiger partial charge on any atom is -0.410 e. The van der Waals surface area contributed by atoms with E-state index >= 15 is 0 Å². The number of nitrogens with one attached hydrogen (secondary N) is 1. The molecule has 3 nitrogen and oxygen atoms in total. The molecule has 0 saturated heterocycles. The average Bonchev–Trinajstić information content (AvgIpc) is 2.91. The van der Waals surface area contributed by atoms with Crippen LogP contribution in [0.3, 0.4) is 0 Å². The highest BCUT2D eigenvalue weighted by Crippen LogP contribution is 2.32. The van der Waals surface area contributed by atoms with Crippen LogP contribution < -0.4 is 0 Å². The minimum absolute atomic E-state index is 0.179. The van der Waals surface area contributed by atoms with Gasteiger partial charge in [-0.25, -0.2) is 0 Å². The number of fused-ring (bicyclic) bond motifs is 1. The number of benzene rings is 2. The van der Waals surface area contributed by atoms with Gasteiger partial charge in [0.05, 0.1) is 0 Å². The van der Waals surface area contributed by atoms with Crippen LogP contribution in [0.4, 0.5) is 13.2 Å². The van der Waals surface area contributed by atoms with Crippen molar-refractivity contribution in [3.8, 4) is 0 Å². The van der Waals surface area contributed by atoms with Crippen molar-refractivity contribution in [2.75, 3.05) is 0 Å². The molecule has 2 aromatic carbocycles. The quantitative estimate of drug-likeness (QED) is 0.271. The number of alkyl halides is 3. The van der Waals surface area contributed by atoms with Crippen molar-refractivity contribution in [2.24, 2.45) is 5.16 Å². The Hall–Kier alpha value is -2.25. The first-order valence-electron chi connectivity index (χ1n) is 7.34. The molecule has 0 amide bonds. The van der Waals surface area contributed by atoms with Gasteiger partial charge in [0.1, 0.15) is 0 Å². The fourth-order valence-electron chi connectivity index (χ4n) is 2.57. The van der Waals surface area contributed by atoms with Crippen LogP contribution in [0.25, 0.3) is 23.1 Å². The van der Waals surface area contributed by atoms with Crippen molar-refractivity contribution >= 4 is 56.3 Å². The normalized spacial score (nSPS) is 13.0. The van der Waals surface area contributed by atoms with E-state index in [1.807, 2.05) is 0 Å². The number of oxime groups is 1. The van der Waals surface area contributed by atoms with Crippen LogP contribution in [0.15, 0.2) is 52.1 Å². The Morgan fingerprint density at radius 1 is 1.12 bits per heavy atom. The Labute approximate surface area is 159 Å². The highest BCUT2D eigenvalue weighted by Gasteiger charge is 2.40. The van der Waals surface area contributed by atoms with Gasteiger partial charge in [0.25, 0.3) is 0 Å². The lowest BCUT2D eigenvalue weighted by atomic mass is 10.0. The molecule has 0 aliphatic rings. The van der Waals surface area contributed by atoms with Gasteiger partial charge in [0, 0.05) is 31.7 Å². The molecule has 3 aromatic rings. The van der Waals surface area contributed by atoms with Crippen molar-refractivity contribution in [1.29, 1.82) is 0 Å². The van der Waals surface area contributed by atoms with E-state index in [0.717, 1.165) is 5.56 Å². The first kappa shape index (κ1) is 18.5. The third-order valence-electron chi connectivity index (χ3n) is 3.71. The SMILES string of the molecule is ON=C(c1c(/C=C/c2ccc(Cl)cc2)[nH]c2cc(Br)ccc12)C(F)(F)F. The van der Waals surface area contributed by atoms with Crippen LogP contribution in [0.1, 0.15) is 16.8 Å². The lowest BCUT2D eigenvalue weighted by Crippen LogP contribution is -2.24. The molecule has 0 saturated carbocycles. The number of H-pyrrole nitrogens is 1. The van der Waals surface area contributed by atoms with Crippen LogP contribution in [-0.4, -0.2) is 22.1 Å².